The minimum absolute atomic E-state index is 0.142. The summed E-state index contributed by atoms with van der Waals surface area (Å²) in [4.78, 5) is 43.1. The summed E-state index contributed by atoms with van der Waals surface area (Å²) < 4.78 is 26.3. The molecule has 2 aliphatic heterocycles. The van der Waals surface area contributed by atoms with Crippen LogP contribution in [0, 0.1) is 0 Å². The molecule has 1 aromatic rings. The molecule has 1 aromatic carbocycles. The number of sulfonamides is 1. The maximum Gasteiger partial charge on any atom is 0.327 e. The third-order valence-electron chi connectivity index (χ3n) is 6.60. The molecule has 0 radical (unpaired) electrons. The average Bonchev–Trinajstić information content (AvgIpc) is 3.25. The molecule has 162 valence electrons. The molecule has 1 spiro atoms. The Morgan fingerprint density at radius 2 is 1.87 bits per heavy atom. The summed E-state index contributed by atoms with van der Waals surface area (Å²) in [5.41, 5.74) is 0.559. The average molecular weight is 435 g/mol. The second-order valence-corrected chi connectivity index (χ2v) is 10.0. The van der Waals surface area contributed by atoms with Gasteiger partial charge in [0, 0.05) is 19.3 Å². The first-order valence-electron chi connectivity index (χ1n) is 10.2. The van der Waals surface area contributed by atoms with Crippen molar-refractivity contribution >= 4 is 33.6 Å². The van der Waals surface area contributed by atoms with Crippen molar-refractivity contribution in [2.45, 2.75) is 49.0 Å². The molecule has 9 nitrogen and oxygen atoms in total. The maximum absolute atomic E-state index is 13.1. The zero-order valence-corrected chi connectivity index (χ0v) is 18.0. The quantitative estimate of drug-likeness (QED) is 0.714. The van der Waals surface area contributed by atoms with Crippen molar-refractivity contribution in [3.05, 3.63) is 23.8 Å². The Bertz CT molecular complexity index is 1020. The van der Waals surface area contributed by atoms with E-state index < -0.39 is 21.6 Å². The maximum atomic E-state index is 13.1. The van der Waals surface area contributed by atoms with E-state index >= 15 is 0 Å². The van der Waals surface area contributed by atoms with Crippen molar-refractivity contribution in [2.75, 3.05) is 32.1 Å². The van der Waals surface area contributed by atoms with Crippen LogP contribution in [0.15, 0.2) is 23.1 Å². The van der Waals surface area contributed by atoms with Crippen LogP contribution in [-0.2, 0) is 26.0 Å². The molecule has 2 heterocycles. The summed E-state index contributed by atoms with van der Waals surface area (Å²) >= 11 is 0. The van der Waals surface area contributed by atoms with Gasteiger partial charge in [0.25, 0.3) is 5.91 Å². The van der Waals surface area contributed by atoms with Crippen LogP contribution >= 0.6 is 0 Å². The van der Waals surface area contributed by atoms with Crippen LogP contribution in [0.4, 0.5) is 10.5 Å². The van der Waals surface area contributed by atoms with E-state index in [-0.39, 0.29) is 23.3 Å². The van der Waals surface area contributed by atoms with Crippen LogP contribution in [0.1, 0.15) is 37.7 Å². The summed E-state index contributed by atoms with van der Waals surface area (Å²) in [5, 5.41) is 0. The van der Waals surface area contributed by atoms with Crippen LogP contribution in [0.3, 0.4) is 0 Å². The lowest BCUT2D eigenvalue weighted by molar-refractivity contribution is -0.136. The Morgan fingerprint density at radius 3 is 2.53 bits per heavy atom. The number of amides is 4. The van der Waals surface area contributed by atoms with Gasteiger partial charge < -0.3 is 9.80 Å². The normalized spacial score (nSPS) is 20.9. The highest BCUT2D eigenvalue weighted by atomic mass is 32.2. The number of nitrogens with one attached hydrogen (secondary N) is 1. The molecule has 1 N–H and O–H groups in total. The van der Waals surface area contributed by atoms with Gasteiger partial charge in [-0.15, -0.1) is 0 Å². The summed E-state index contributed by atoms with van der Waals surface area (Å²) in [6.07, 6.45) is 4.61. The minimum Gasteiger partial charge on any atom is -0.313 e. The van der Waals surface area contributed by atoms with Crippen molar-refractivity contribution in [1.29, 1.82) is 0 Å². The number of likely N-dealkylation sites (N-methyl/N-ethyl adjacent to an activating group) is 1. The van der Waals surface area contributed by atoms with Crippen molar-refractivity contribution in [3.63, 3.8) is 0 Å². The molecular weight excluding hydrogens is 408 g/mol. The molecular formula is C20H26N4O5S. The number of hydrogen-bond acceptors (Lipinski definition) is 5. The second-order valence-electron chi connectivity index (χ2n) is 8.12. The van der Waals surface area contributed by atoms with E-state index in [0.29, 0.717) is 31.5 Å². The summed E-state index contributed by atoms with van der Waals surface area (Å²) in [6, 6.07) is 4.19. The standard InChI is InChI=1S/C20H26N4O5S/c1-21-30(28,29)15-6-7-16-14(12-15)8-11-23(16)17(25)13-24-18(26)20(22(2)19(24)27)9-4-3-5-10-20/h6-7,12,21H,3-5,8-11,13H2,1-2H3. The van der Waals surface area contributed by atoms with Crippen molar-refractivity contribution in [2.24, 2.45) is 0 Å². The topological polar surface area (TPSA) is 107 Å². The van der Waals surface area contributed by atoms with Crippen LogP contribution in [0.5, 0.6) is 0 Å². The SMILES string of the molecule is CNS(=O)(=O)c1ccc2c(c1)CCN2C(=O)CN1C(=O)N(C)C2(CCCCC2)C1=O. The van der Waals surface area contributed by atoms with Gasteiger partial charge in [-0.1, -0.05) is 19.3 Å². The van der Waals surface area contributed by atoms with E-state index in [1.54, 1.807) is 19.2 Å². The monoisotopic (exact) mass is 434 g/mol. The Labute approximate surface area is 176 Å². The molecule has 4 amide bonds. The van der Waals surface area contributed by atoms with Crippen molar-refractivity contribution < 1.29 is 22.8 Å². The molecule has 30 heavy (non-hydrogen) atoms. The highest BCUT2D eigenvalue weighted by Crippen LogP contribution is 2.39. The van der Waals surface area contributed by atoms with E-state index in [1.807, 2.05) is 0 Å². The van der Waals surface area contributed by atoms with Gasteiger partial charge in [0.2, 0.25) is 15.9 Å². The first kappa shape index (κ1) is 20.8. The van der Waals surface area contributed by atoms with Crippen LogP contribution in [0.2, 0.25) is 0 Å². The summed E-state index contributed by atoms with van der Waals surface area (Å²) in [6.45, 7) is 0.0776. The number of carbonyl (C=O) groups excluding carboxylic acids is 3. The van der Waals surface area contributed by atoms with Gasteiger partial charge in [-0.3, -0.25) is 14.5 Å². The van der Waals surface area contributed by atoms with E-state index in [0.717, 1.165) is 29.7 Å². The fraction of sp³-hybridized carbons (Fsp3) is 0.550. The van der Waals surface area contributed by atoms with Gasteiger partial charge in [-0.2, -0.15) is 0 Å². The molecule has 3 aliphatic rings. The van der Waals surface area contributed by atoms with Crippen molar-refractivity contribution in [1.82, 2.24) is 14.5 Å². The summed E-state index contributed by atoms with van der Waals surface area (Å²) in [5.74, 6) is -0.626. The Kier molecular flexibility index (Phi) is 5.09. The number of urea groups is 1. The fourth-order valence-electron chi connectivity index (χ4n) is 4.81. The van der Waals surface area contributed by atoms with Crippen LogP contribution < -0.4 is 9.62 Å². The van der Waals surface area contributed by atoms with E-state index in [4.69, 9.17) is 0 Å². The first-order valence-corrected chi connectivity index (χ1v) is 11.7. The molecule has 0 bridgehead atoms. The number of carbonyl (C=O) groups is 3. The van der Waals surface area contributed by atoms with E-state index in [1.165, 1.54) is 22.9 Å². The van der Waals surface area contributed by atoms with E-state index in [2.05, 4.69) is 4.72 Å². The second kappa shape index (κ2) is 7.35. The molecule has 1 aliphatic carbocycles. The number of hydrogen-bond donors (Lipinski definition) is 1. The van der Waals surface area contributed by atoms with Gasteiger partial charge in [-0.25, -0.2) is 17.9 Å². The van der Waals surface area contributed by atoms with Gasteiger partial charge in [0.1, 0.15) is 12.1 Å². The number of rotatable bonds is 4. The van der Waals surface area contributed by atoms with Crippen LogP contribution in [-0.4, -0.2) is 68.8 Å². The smallest absolute Gasteiger partial charge is 0.313 e. The van der Waals surface area contributed by atoms with Crippen LogP contribution in [0.25, 0.3) is 0 Å². The molecule has 10 heteroatoms. The zero-order valence-electron chi connectivity index (χ0n) is 17.2. The third-order valence-corrected chi connectivity index (χ3v) is 8.02. The molecule has 2 fully saturated rings. The number of anilines is 1. The lowest BCUT2D eigenvalue weighted by atomic mass is 9.81. The molecule has 0 atom stereocenters. The Morgan fingerprint density at radius 1 is 1.17 bits per heavy atom. The van der Waals surface area contributed by atoms with Gasteiger partial charge in [0.15, 0.2) is 0 Å². The highest BCUT2D eigenvalue weighted by molar-refractivity contribution is 7.89. The lowest BCUT2D eigenvalue weighted by Gasteiger charge is -2.35. The molecule has 0 aromatic heterocycles. The van der Waals surface area contributed by atoms with Gasteiger partial charge >= 0.3 is 6.03 Å². The number of fused-ring (bicyclic) bond motifs is 1. The summed E-state index contributed by atoms with van der Waals surface area (Å²) in [7, 11) is -0.580. The molecule has 1 saturated carbocycles. The molecule has 4 rings (SSSR count). The molecule has 1 saturated heterocycles. The number of imide groups is 1. The zero-order chi connectivity index (χ0) is 21.7. The number of nitrogens with zero attached hydrogens (tertiary/aromatic N) is 3. The van der Waals surface area contributed by atoms with Gasteiger partial charge in [0.05, 0.1) is 4.90 Å². The largest absolute Gasteiger partial charge is 0.327 e. The number of benzene rings is 1. The van der Waals surface area contributed by atoms with Gasteiger partial charge in [-0.05, 0) is 50.1 Å². The minimum atomic E-state index is -3.57. The van der Waals surface area contributed by atoms with Crippen molar-refractivity contribution in [3.8, 4) is 0 Å². The Hall–Kier alpha value is -2.46. The fourth-order valence-corrected chi connectivity index (χ4v) is 5.59. The molecule has 0 unspecified atom stereocenters. The lowest BCUT2D eigenvalue weighted by Crippen LogP contribution is -2.49. The first-order chi connectivity index (χ1) is 14.2. The predicted molar refractivity (Wildman–Crippen MR) is 109 cm³/mol. The predicted octanol–water partition coefficient (Wildman–Crippen LogP) is 1.08. The Balaban J connectivity index is 1.53. The van der Waals surface area contributed by atoms with E-state index in [9.17, 15) is 22.8 Å². The third kappa shape index (κ3) is 3.09. The highest BCUT2D eigenvalue weighted by Gasteiger charge is 2.56.